The fraction of sp³-hybridized carbons (Fsp3) is 0. The van der Waals surface area contributed by atoms with Crippen molar-refractivity contribution in [2.75, 3.05) is 0 Å². The number of allylic oxidation sites excluding steroid dienone is 5. The molecule has 0 atom stereocenters. The van der Waals surface area contributed by atoms with Crippen LogP contribution in [0.15, 0.2) is 60.8 Å². The molecule has 0 spiro atoms. The molecule has 0 saturated heterocycles. The summed E-state index contributed by atoms with van der Waals surface area (Å²) in [4.78, 5) is 0. The van der Waals surface area contributed by atoms with Crippen molar-refractivity contribution in [3.63, 3.8) is 0 Å². The van der Waals surface area contributed by atoms with Gasteiger partial charge in [0.1, 0.15) is 6.21 Å². The largest absolute Gasteiger partial charge is 0.306 e. The van der Waals surface area contributed by atoms with Crippen molar-refractivity contribution in [1.29, 1.82) is 0 Å². The Labute approximate surface area is 103 Å². The van der Waals surface area contributed by atoms with E-state index in [1.807, 2.05) is 65.4 Å². The molecular weight excluding hydrogens is 362 g/mol. The first-order valence-corrected chi connectivity index (χ1v) is 4.49. The second-order valence-electron chi connectivity index (χ2n) is 2.83. The van der Waals surface area contributed by atoms with E-state index < -0.39 is 0 Å². The van der Waals surface area contributed by atoms with E-state index in [4.69, 9.17) is 0 Å². The molecule has 1 radical (unpaired) electrons. The number of hydrogen-bond acceptors (Lipinski definition) is 0. The Bertz CT molecular complexity index is 413. The summed E-state index contributed by atoms with van der Waals surface area (Å²) < 4.78 is 1.90. The molecular formula is C13H10IrN-. The third-order valence-electron chi connectivity index (χ3n) is 1.83. The Morgan fingerprint density at radius 3 is 2.67 bits per heavy atom. The molecule has 0 aliphatic carbocycles. The third-order valence-corrected chi connectivity index (χ3v) is 1.83. The molecule has 2 rings (SSSR count). The number of para-hydroxylation sites is 1. The maximum absolute atomic E-state index is 3.14. The fourth-order valence-corrected chi connectivity index (χ4v) is 1.17. The Morgan fingerprint density at radius 1 is 1.00 bits per heavy atom. The van der Waals surface area contributed by atoms with Crippen LogP contribution in [0.4, 0.5) is 5.69 Å². The molecule has 1 nitrogen and oxygen atoms in total. The van der Waals surface area contributed by atoms with Gasteiger partial charge in [0.25, 0.3) is 0 Å². The van der Waals surface area contributed by atoms with Crippen molar-refractivity contribution in [3.05, 3.63) is 66.9 Å². The van der Waals surface area contributed by atoms with Gasteiger partial charge in [-0.2, -0.15) is 24.3 Å². The van der Waals surface area contributed by atoms with Crippen molar-refractivity contribution < 1.29 is 24.7 Å². The average Bonchev–Trinajstić information content (AvgIpc) is 2.18. The van der Waals surface area contributed by atoms with E-state index in [1.54, 1.807) is 0 Å². The summed E-state index contributed by atoms with van der Waals surface area (Å²) >= 11 is 0. The number of benzene rings is 1. The van der Waals surface area contributed by atoms with Crippen LogP contribution in [0.2, 0.25) is 0 Å². The first kappa shape index (κ1) is 11.8. The Hall–Kier alpha value is -1.24. The van der Waals surface area contributed by atoms with Gasteiger partial charge in [0.05, 0.1) is 6.20 Å². The molecule has 0 saturated carbocycles. The van der Waals surface area contributed by atoms with E-state index in [1.165, 1.54) is 0 Å². The minimum absolute atomic E-state index is 0. The summed E-state index contributed by atoms with van der Waals surface area (Å²) in [7, 11) is 0. The molecule has 2 heteroatoms. The molecule has 0 N–H and O–H groups in total. The molecule has 15 heavy (non-hydrogen) atoms. The van der Waals surface area contributed by atoms with E-state index in [-0.39, 0.29) is 20.1 Å². The van der Waals surface area contributed by atoms with Crippen LogP contribution >= 0.6 is 0 Å². The molecule has 1 aliphatic rings. The van der Waals surface area contributed by atoms with E-state index in [0.29, 0.717) is 0 Å². The van der Waals surface area contributed by atoms with Crippen LogP contribution < -0.4 is 0 Å². The minimum Gasteiger partial charge on any atom is -0.306 e. The van der Waals surface area contributed by atoms with Crippen LogP contribution in [-0.4, -0.2) is 10.8 Å². The average molecular weight is 372 g/mol. The van der Waals surface area contributed by atoms with Crippen LogP contribution in [0.5, 0.6) is 0 Å². The van der Waals surface area contributed by atoms with Crippen molar-refractivity contribution in [3.8, 4) is 0 Å². The quantitative estimate of drug-likeness (QED) is 0.527. The maximum atomic E-state index is 3.14. The Balaban J connectivity index is 0.00000112. The molecule has 0 aromatic heterocycles. The molecule has 77 valence electrons. The first-order chi connectivity index (χ1) is 6.97. The topological polar surface area (TPSA) is 3.01 Å². The molecule has 0 bridgehead atoms. The van der Waals surface area contributed by atoms with Gasteiger partial charge in [0, 0.05) is 25.8 Å². The zero-order valence-corrected chi connectivity index (χ0v) is 10.4. The minimum atomic E-state index is 0. The molecule has 1 aliphatic heterocycles. The molecule has 1 heterocycles. The van der Waals surface area contributed by atoms with Gasteiger partial charge in [0.15, 0.2) is 0 Å². The summed E-state index contributed by atoms with van der Waals surface area (Å²) in [6.45, 7) is 0. The standard InChI is InChI=1S/C13H10N.Ir/c1-2-7-11-14(12-8-3-1)13-9-5-4-6-10-13;/h1-9,11H;/q-1;/b2-1-,3-1?,7-2?,8-3-,11-7-,14-11?;. The summed E-state index contributed by atoms with van der Waals surface area (Å²) in [5, 5.41) is 0. The van der Waals surface area contributed by atoms with Gasteiger partial charge in [0.2, 0.25) is 0 Å². The summed E-state index contributed by atoms with van der Waals surface area (Å²) in [5.74, 6) is 0. The van der Waals surface area contributed by atoms with Crippen molar-refractivity contribution in [2.24, 2.45) is 0 Å². The molecule has 1 aromatic rings. The van der Waals surface area contributed by atoms with Gasteiger partial charge in [-0.05, 0) is 6.08 Å². The zero-order chi connectivity index (χ0) is 9.64. The van der Waals surface area contributed by atoms with Crippen molar-refractivity contribution in [1.82, 2.24) is 0 Å². The number of nitrogens with zero attached hydrogens (tertiary/aromatic N) is 1. The van der Waals surface area contributed by atoms with E-state index in [2.05, 4.69) is 12.3 Å². The van der Waals surface area contributed by atoms with Crippen LogP contribution in [-0.2, 0) is 20.1 Å². The van der Waals surface area contributed by atoms with Crippen molar-refractivity contribution in [2.45, 2.75) is 0 Å². The monoisotopic (exact) mass is 373 g/mol. The smallest absolute Gasteiger partial charge is 0.150 e. The molecule has 0 amide bonds. The predicted octanol–water partition coefficient (Wildman–Crippen LogP) is 2.72. The summed E-state index contributed by atoms with van der Waals surface area (Å²) in [6.07, 6.45) is 14.8. The molecule has 0 fully saturated rings. The normalized spacial score (nSPS) is 23.6. The van der Waals surface area contributed by atoms with Gasteiger partial charge < -0.3 is 4.58 Å². The van der Waals surface area contributed by atoms with Gasteiger partial charge in [-0.25, -0.2) is 0 Å². The third kappa shape index (κ3) is 3.43. The summed E-state index contributed by atoms with van der Waals surface area (Å²) in [5.41, 5.74) is 0.990. The van der Waals surface area contributed by atoms with Crippen LogP contribution in [0.1, 0.15) is 0 Å². The summed E-state index contributed by atoms with van der Waals surface area (Å²) in [6, 6.07) is 11.0. The van der Waals surface area contributed by atoms with E-state index in [9.17, 15) is 0 Å². The maximum Gasteiger partial charge on any atom is 0.150 e. The second-order valence-corrected chi connectivity index (χ2v) is 2.83. The van der Waals surface area contributed by atoms with Crippen molar-refractivity contribution >= 4 is 11.9 Å². The van der Waals surface area contributed by atoms with Crippen LogP contribution in [0, 0.1) is 6.07 Å². The van der Waals surface area contributed by atoms with Crippen LogP contribution in [0.25, 0.3) is 0 Å². The Morgan fingerprint density at radius 2 is 1.87 bits per heavy atom. The van der Waals surface area contributed by atoms with Gasteiger partial charge in [-0.3, -0.25) is 0 Å². The zero-order valence-electron chi connectivity index (χ0n) is 8.05. The number of rotatable bonds is 1. The fourth-order valence-electron chi connectivity index (χ4n) is 1.17. The van der Waals surface area contributed by atoms with Gasteiger partial charge >= 0.3 is 0 Å². The molecule has 1 aromatic carbocycles. The second kappa shape index (κ2) is 6.28. The van der Waals surface area contributed by atoms with Gasteiger partial charge in [-0.1, -0.05) is 12.2 Å². The van der Waals surface area contributed by atoms with E-state index >= 15 is 0 Å². The van der Waals surface area contributed by atoms with Crippen LogP contribution in [0.3, 0.4) is 0 Å². The van der Waals surface area contributed by atoms with Gasteiger partial charge in [-0.15, -0.1) is 18.2 Å². The molecule has 0 unspecified atom stereocenters. The van der Waals surface area contributed by atoms with E-state index in [0.717, 1.165) is 5.69 Å². The SMILES string of the molecule is [C-]1=[N+](c2[c-]cccc2)\C=C/C=C\C=C/1.[Ir]. The number of hydrogen-bond donors (Lipinski definition) is 0. The Kier molecular flexibility index (Phi) is 4.96. The predicted molar refractivity (Wildman–Crippen MR) is 57.6 cm³/mol. The first-order valence-electron chi connectivity index (χ1n) is 4.49.